The topological polar surface area (TPSA) is 96.2 Å². The quantitative estimate of drug-likeness (QED) is 0.143. The molecule has 0 spiro atoms. The summed E-state index contributed by atoms with van der Waals surface area (Å²) in [5, 5.41) is 28.8. The van der Waals surface area contributed by atoms with Gasteiger partial charge in [-0.1, -0.05) is 116 Å². The van der Waals surface area contributed by atoms with Gasteiger partial charge in [0.2, 0.25) is 0 Å². The molecule has 0 bridgehead atoms. The van der Waals surface area contributed by atoms with Crippen LogP contribution < -0.4 is 0 Å². The van der Waals surface area contributed by atoms with Crippen LogP contribution >= 0.6 is 0 Å². The molecule has 0 radical (unpaired) electrons. The number of hydrogen-bond acceptors (Lipinski definition) is 6. The minimum atomic E-state index is -1.14. The van der Waals surface area contributed by atoms with Crippen LogP contribution in [0.25, 0.3) is 0 Å². The third-order valence-electron chi connectivity index (χ3n) is 6.75. The number of carbonyl (C=O) groups excluding carboxylic acids is 1. The van der Waals surface area contributed by atoms with Crippen LogP contribution in [0.1, 0.15) is 129 Å². The summed E-state index contributed by atoms with van der Waals surface area (Å²) >= 11 is 0. The third-order valence-corrected chi connectivity index (χ3v) is 6.75. The Morgan fingerprint density at radius 3 is 1.58 bits per heavy atom. The van der Waals surface area contributed by atoms with Crippen molar-refractivity contribution in [3.05, 3.63) is 0 Å². The number of unbranched alkanes of at least 4 members (excludes halogenated alkanes) is 17. The highest BCUT2D eigenvalue weighted by Crippen LogP contribution is 2.20. The molecule has 0 aliphatic carbocycles. The summed E-state index contributed by atoms with van der Waals surface area (Å²) in [5.41, 5.74) is 0. The van der Waals surface area contributed by atoms with E-state index in [0.29, 0.717) is 6.42 Å². The van der Waals surface area contributed by atoms with Crippen molar-refractivity contribution < 1.29 is 29.6 Å². The van der Waals surface area contributed by atoms with Gasteiger partial charge in [0.25, 0.3) is 0 Å². The summed E-state index contributed by atoms with van der Waals surface area (Å²) in [6.07, 6.45) is 19.8. The maximum Gasteiger partial charge on any atom is 0.306 e. The maximum absolute atomic E-state index is 12.0. The second-order valence-corrected chi connectivity index (χ2v) is 9.83. The van der Waals surface area contributed by atoms with E-state index in [0.717, 1.165) is 19.3 Å². The summed E-state index contributed by atoms with van der Waals surface area (Å²) in [4.78, 5) is 12.0. The minimum Gasteiger partial charge on any atom is -0.457 e. The SMILES string of the molecule is CCCCCCCCCCCCCCCCCCCCC(=O)O[C@H](CO)[C@H]1OC[C@@H](O)[C@H]1O. The summed E-state index contributed by atoms with van der Waals surface area (Å²) in [6, 6.07) is 0. The monoisotopic (exact) mass is 472 g/mol. The van der Waals surface area contributed by atoms with Gasteiger partial charge >= 0.3 is 5.97 Å². The molecule has 0 aromatic heterocycles. The lowest BCUT2D eigenvalue weighted by atomic mass is 10.0. The first-order valence-electron chi connectivity index (χ1n) is 13.9. The van der Waals surface area contributed by atoms with Gasteiger partial charge in [0.1, 0.15) is 18.3 Å². The Labute approximate surface area is 202 Å². The molecule has 0 unspecified atom stereocenters. The molecule has 1 heterocycles. The fourth-order valence-electron chi connectivity index (χ4n) is 4.56. The van der Waals surface area contributed by atoms with E-state index in [9.17, 15) is 20.1 Å². The summed E-state index contributed by atoms with van der Waals surface area (Å²) < 4.78 is 10.5. The first-order chi connectivity index (χ1) is 16.1. The van der Waals surface area contributed by atoms with Gasteiger partial charge in [-0.05, 0) is 6.42 Å². The van der Waals surface area contributed by atoms with Gasteiger partial charge in [0.15, 0.2) is 6.10 Å². The Bertz CT molecular complexity index is 458. The predicted octanol–water partition coefficient (Wildman–Crippen LogP) is 5.44. The number of esters is 1. The molecule has 1 aliphatic heterocycles. The van der Waals surface area contributed by atoms with Crippen LogP contribution in [0, 0.1) is 0 Å². The molecule has 1 rings (SSSR count). The van der Waals surface area contributed by atoms with Crippen LogP contribution in [0.2, 0.25) is 0 Å². The fourth-order valence-corrected chi connectivity index (χ4v) is 4.56. The van der Waals surface area contributed by atoms with Crippen molar-refractivity contribution in [2.75, 3.05) is 13.2 Å². The third kappa shape index (κ3) is 15.0. The fraction of sp³-hybridized carbons (Fsp3) is 0.963. The number of carbonyl (C=O) groups is 1. The first kappa shape index (κ1) is 30.3. The number of ether oxygens (including phenoxy) is 2. The lowest BCUT2D eigenvalue weighted by molar-refractivity contribution is -0.162. The van der Waals surface area contributed by atoms with Crippen molar-refractivity contribution in [3.63, 3.8) is 0 Å². The Morgan fingerprint density at radius 2 is 1.21 bits per heavy atom. The molecule has 0 amide bonds. The van der Waals surface area contributed by atoms with E-state index < -0.39 is 31.0 Å². The molecule has 0 saturated carbocycles. The van der Waals surface area contributed by atoms with E-state index in [2.05, 4.69) is 6.92 Å². The zero-order valence-corrected chi connectivity index (χ0v) is 21.2. The van der Waals surface area contributed by atoms with Gasteiger partial charge in [-0.25, -0.2) is 0 Å². The van der Waals surface area contributed by atoms with Crippen LogP contribution in [-0.4, -0.2) is 58.9 Å². The number of rotatable bonds is 22. The van der Waals surface area contributed by atoms with Crippen LogP contribution in [0.4, 0.5) is 0 Å². The van der Waals surface area contributed by atoms with Crippen LogP contribution in [-0.2, 0) is 14.3 Å². The van der Waals surface area contributed by atoms with Gasteiger partial charge in [0.05, 0.1) is 13.2 Å². The second-order valence-electron chi connectivity index (χ2n) is 9.83. The van der Waals surface area contributed by atoms with Crippen molar-refractivity contribution in [2.45, 2.75) is 153 Å². The average molecular weight is 473 g/mol. The average Bonchev–Trinajstić information content (AvgIpc) is 3.14. The van der Waals surface area contributed by atoms with Crippen LogP contribution in [0.3, 0.4) is 0 Å². The van der Waals surface area contributed by atoms with Crippen molar-refractivity contribution in [1.82, 2.24) is 0 Å². The molecule has 0 aromatic carbocycles. The maximum atomic E-state index is 12.0. The number of aliphatic hydroxyl groups is 3. The van der Waals surface area contributed by atoms with Crippen molar-refractivity contribution in [2.24, 2.45) is 0 Å². The molecule has 0 aromatic rings. The highest BCUT2D eigenvalue weighted by Gasteiger charge is 2.41. The van der Waals surface area contributed by atoms with Gasteiger partial charge in [0, 0.05) is 6.42 Å². The van der Waals surface area contributed by atoms with E-state index in [1.54, 1.807) is 0 Å². The molecule has 1 saturated heterocycles. The molecular formula is C27H52O6. The van der Waals surface area contributed by atoms with Crippen molar-refractivity contribution >= 4 is 5.97 Å². The van der Waals surface area contributed by atoms with E-state index in [1.807, 2.05) is 0 Å². The normalized spacial score (nSPS) is 21.4. The van der Waals surface area contributed by atoms with Crippen LogP contribution in [0.5, 0.6) is 0 Å². The van der Waals surface area contributed by atoms with Crippen molar-refractivity contribution in [1.29, 1.82) is 0 Å². The van der Waals surface area contributed by atoms with Gasteiger partial charge in [-0.15, -0.1) is 0 Å². The molecule has 3 N–H and O–H groups in total. The lowest BCUT2D eigenvalue weighted by Crippen LogP contribution is -2.43. The summed E-state index contributed by atoms with van der Waals surface area (Å²) in [7, 11) is 0. The standard InChI is InChI=1S/C27H52O6/c1-2-3-4-5-6-7-8-9-10-11-12-13-14-15-16-17-18-19-20-25(30)33-24(21-28)27-26(31)23(29)22-32-27/h23-24,26-29,31H,2-22H2,1H3/t23-,24-,26-,27-/m1/s1. The Kier molecular flexibility index (Phi) is 19.0. The molecular weight excluding hydrogens is 420 g/mol. The Morgan fingerprint density at radius 1 is 0.788 bits per heavy atom. The molecule has 196 valence electrons. The highest BCUT2D eigenvalue weighted by atomic mass is 16.6. The van der Waals surface area contributed by atoms with Crippen LogP contribution in [0.15, 0.2) is 0 Å². The van der Waals surface area contributed by atoms with Gasteiger partial charge in [-0.2, -0.15) is 0 Å². The van der Waals surface area contributed by atoms with Gasteiger partial charge in [-0.3, -0.25) is 4.79 Å². The van der Waals surface area contributed by atoms with Gasteiger partial charge < -0.3 is 24.8 Å². The molecule has 6 nitrogen and oxygen atoms in total. The first-order valence-corrected chi connectivity index (χ1v) is 13.9. The zero-order valence-electron chi connectivity index (χ0n) is 21.2. The second kappa shape index (κ2) is 20.7. The van der Waals surface area contributed by atoms with E-state index >= 15 is 0 Å². The molecule has 1 aliphatic rings. The molecule has 4 atom stereocenters. The Hall–Kier alpha value is -0.690. The predicted molar refractivity (Wildman–Crippen MR) is 132 cm³/mol. The van der Waals surface area contributed by atoms with Crippen molar-refractivity contribution in [3.8, 4) is 0 Å². The zero-order chi connectivity index (χ0) is 24.2. The number of hydrogen-bond donors (Lipinski definition) is 3. The summed E-state index contributed by atoms with van der Waals surface area (Å²) in [5.74, 6) is -0.386. The molecule has 1 fully saturated rings. The number of aliphatic hydroxyl groups excluding tert-OH is 3. The van der Waals surface area contributed by atoms with E-state index in [4.69, 9.17) is 9.47 Å². The lowest BCUT2D eigenvalue weighted by Gasteiger charge is -2.24. The molecule has 6 heteroatoms. The largest absolute Gasteiger partial charge is 0.457 e. The minimum absolute atomic E-state index is 0.0147. The molecule has 33 heavy (non-hydrogen) atoms. The Balaban J connectivity index is 1.84. The summed E-state index contributed by atoms with van der Waals surface area (Å²) in [6.45, 7) is 1.83. The smallest absolute Gasteiger partial charge is 0.306 e. The van der Waals surface area contributed by atoms with E-state index in [-0.39, 0.29) is 12.6 Å². The highest BCUT2D eigenvalue weighted by molar-refractivity contribution is 5.69. The van der Waals surface area contributed by atoms with E-state index in [1.165, 1.54) is 96.3 Å².